The van der Waals surface area contributed by atoms with Crippen molar-refractivity contribution >= 4 is 58.7 Å². The van der Waals surface area contributed by atoms with Gasteiger partial charge in [0.05, 0.1) is 11.0 Å². The molecule has 0 aliphatic carbocycles. The van der Waals surface area contributed by atoms with Crippen LogP contribution in [0.4, 0.5) is 5.13 Å². The minimum Gasteiger partial charge on any atom is -0.377 e. The number of hydrogen-bond donors (Lipinski definition) is 2. The molecule has 2 N–H and O–H groups in total. The number of benzene rings is 1. The van der Waals surface area contributed by atoms with Crippen LogP contribution in [0.5, 0.6) is 0 Å². The van der Waals surface area contributed by atoms with Crippen molar-refractivity contribution in [3.8, 4) is 0 Å². The second-order valence-corrected chi connectivity index (χ2v) is 10.1. The number of nitrogens with zero attached hydrogens (tertiary/aromatic N) is 2. The number of sulfonamides is 1. The first-order chi connectivity index (χ1) is 13.9. The first-order valence-electron chi connectivity index (χ1n) is 8.85. The number of amides is 1. The Morgan fingerprint density at radius 2 is 2.21 bits per heavy atom. The molecule has 1 fully saturated rings. The summed E-state index contributed by atoms with van der Waals surface area (Å²) in [6.07, 6.45) is 3.31. The monoisotopic (exact) mass is 496 g/mol. The Bertz CT molecular complexity index is 1160. The van der Waals surface area contributed by atoms with Gasteiger partial charge in [0.1, 0.15) is 10.3 Å². The minimum absolute atomic E-state index is 0.0260. The van der Waals surface area contributed by atoms with Gasteiger partial charge < -0.3 is 4.74 Å². The highest BCUT2D eigenvalue weighted by molar-refractivity contribution is 9.10. The molecule has 11 heteroatoms. The summed E-state index contributed by atoms with van der Waals surface area (Å²) in [6.45, 7) is 0.868. The molecule has 0 radical (unpaired) electrons. The van der Waals surface area contributed by atoms with Crippen LogP contribution in [0, 0.1) is 0 Å². The molecule has 8 nitrogen and oxygen atoms in total. The maximum absolute atomic E-state index is 12.6. The van der Waals surface area contributed by atoms with Gasteiger partial charge in [-0.05, 0) is 53.0 Å². The number of thiazole rings is 1. The Kier molecular flexibility index (Phi) is 5.93. The van der Waals surface area contributed by atoms with Crippen LogP contribution in [-0.2, 0) is 14.8 Å². The number of fused-ring (bicyclic) bond motifs is 1. The van der Waals surface area contributed by atoms with Crippen LogP contribution >= 0.6 is 27.3 Å². The van der Waals surface area contributed by atoms with Gasteiger partial charge in [0.2, 0.25) is 10.0 Å². The number of ether oxygens (including phenoxy) is 1. The molecular weight excluding hydrogens is 480 g/mol. The van der Waals surface area contributed by atoms with Crippen molar-refractivity contribution in [2.24, 2.45) is 0 Å². The average Bonchev–Trinajstić information content (AvgIpc) is 3.35. The van der Waals surface area contributed by atoms with E-state index in [4.69, 9.17) is 4.74 Å². The second kappa shape index (κ2) is 8.44. The number of carbonyl (C=O) groups excluding carboxylic acids is 1. The van der Waals surface area contributed by atoms with Gasteiger partial charge in [0.25, 0.3) is 5.91 Å². The number of rotatable bonds is 6. The lowest BCUT2D eigenvalue weighted by molar-refractivity contribution is 0.102. The van der Waals surface area contributed by atoms with Crippen molar-refractivity contribution in [2.45, 2.75) is 23.8 Å². The van der Waals surface area contributed by atoms with Crippen LogP contribution in [-0.4, -0.2) is 43.5 Å². The van der Waals surface area contributed by atoms with E-state index in [-0.39, 0.29) is 23.1 Å². The molecule has 1 saturated heterocycles. The van der Waals surface area contributed by atoms with Crippen LogP contribution in [0.25, 0.3) is 10.3 Å². The van der Waals surface area contributed by atoms with E-state index in [1.165, 1.54) is 29.5 Å². The van der Waals surface area contributed by atoms with Gasteiger partial charge in [-0.25, -0.2) is 23.1 Å². The molecule has 1 atom stereocenters. The van der Waals surface area contributed by atoms with Crippen molar-refractivity contribution in [1.82, 2.24) is 14.7 Å². The van der Waals surface area contributed by atoms with Gasteiger partial charge in [-0.15, -0.1) is 0 Å². The van der Waals surface area contributed by atoms with Crippen LogP contribution in [0.3, 0.4) is 0 Å². The van der Waals surface area contributed by atoms with Crippen molar-refractivity contribution in [1.29, 1.82) is 0 Å². The third kappa shape index (κ3) is 4.81. The van der Waals surface area contributed by atoms with Crippen LogP contribution in [0.15, 0.2) is 45.9 Å². The summed E-state index contributed by atoms with van der Waals surface area (Å²) in [4.78, 5) is 21.9. The molecule has 1 unspecified atom stereocenters. The molecule has 1 aromatic carbocycles. The van der Waals surface area contributed by atoms with E-state index in [0.717, 1.165) is 17.3 Å². The van der Waals surface area contributed by atoms with Crippen molar-refractivity contribution < 1.29 is 17.9 Å². The zero-order chi connectivity index (χ0) is 20.4. The summed E-state index contributed by atoms with van der Waals surface area (Å²) < 4.78 is 33.9. The topological polar surface area (TPSA) is 110 Å². The maximum Gasteiger partial charge on any atom is 0.257 e. The Morgan fingerprint density at radius 1 is 1.34 bits per heavy atom. The fourth-order valence-electron chi connectivity index (χ4n) is 2.92. The molecular formula is C18H17BrN4O4S2. The largest absolute Gasteiger partial charge is 0.377 e. The summed E-state index contributed by atoms with van der Waals surface area (Å²) in [5.41, 5.74) is 0.882. The number of aromatic nitrogens is 2. The molecule has 0 saturated carbocycles. The number of halogens is 1. The molecule has 4 rings (SSSR count). The fraction of sp³-hybridized carbons (Fsp3) is 0.278. The number of carbonyl (C=O) groups is 1. The van der Waals surface area contributed by atoms with Gasteiger partial charge in [-0.3, -0.25) is 10.1 Å². The number of anilines is 1. The SMILES string of the molecule is O=C(Nc1nc2cc(Br)cnc2s1)c1cccc(S(=O)(=O)NCC2CCCO2)c1. The molecule has 3 aromatic rings. The van der Waals surface area contributed by atoms with Gasteiger partial charge in [-0.2, -0.15) is 0 Å². The van der Waals surface area contributed by atoms with E-state index in [1.807, 2.05) is 0 Å². The lowest BCUT2D eigenvalue weighted by atomic mass is 10.2. The molecule has 2 aromatic heterocycles. The Hall–Kier alpha value is -1.92. The predicted molar refractivity (Wildman–Crippen MR) is 114 cm³/mol. The highest BCUT2D eigenvalue weighted by atomic mass is 79.9. The van der Waals surface area contributed by atoms with Crippen LogP contribution < -0.4 is 10.0 Å². The molecule has 1 aliphatic rings. The Morgan fingerprint density at radius 3 is 3.00 bits per heavy atom. The molecule has 3 heterocycles. The van der Waals surface area contributed by atoms with E-state index in [9.17, 15) is 13.2 Å². The third-order valence-corrected chi connectivity index (χ3v) is 7.12. The van der Waals surface area contributed by atoms with Gasteiger partial charge >= 0.3 is 0 Å². The van der Waals surface area contributed by atoms with Crippen molar-refractivity contribution in [2.75, 3.05) is 18.5 Å². The van der Waals surface area contributed by atoms with Crippen LogP contribution in [0.1, 0.15) is 23.2 Å². The fourth-order valence-corrected chi connectivity index (χ4v) is 5.13. The van der Waals surface area contributed by atoms with E-state index in [1.54, 1.807) is 18.3 Å². The lowest BCUT2D eigenvalue weighted by Gasteiger charge is -2.12. The quantitative estimate of drug-likeness (QED) is 0.542. The molecule has 152 valence electrons. The Labute approximate surface area is 179 Å². The van der Waals surface area contributed by atoms with E-state index >= 15 is 0 Å². The predicted octanol–water partition coefficient (Wildman–Crippen LogP) is 3.16. The smallest absolute Gasteiger partial charge is 0.257 e. The molecule has 1 aliphatic heterocycles. The van der Waals surface area contributed by atoms with Gasteiger partial charge in [-0.1, -0.05) is 17.4 Å². The summed E-state index contributed by atoms with van der Waals surface area (Å²) in [5.74, 6) is -0.445. The van der Waals surface area contributed by atoms with Crippen molar-refractivity contribution in [3.05, 3.63) is 46.6 Å². The van der Waals surface area contributed by atoms with Gasteiger partial charge in [0, 0.05) is 29.4 Å². The summed E-state index contributed by atoms with van der Waals surface area (Å²) in [7, 11) is -3.74. The van der Waals surface area contributed by atoms with E-state index < -0.39 is 15.9 Å². The molecule has 29 heavy (non-hydrogen) atoms. The summed E-state index contributed by atoms with van der Waals surface area (Å²) >= 11 is 4.58. The zero-order valence-corrected chi connectivity index (χ0v) is 18.3. The number of nitrogens with one attached hydrogen (secondary N) is 2. The Balaban J connectivity index is 1.48. The van der Waals surface area contributed by atoms with E-state index in [2.05, 4.69) is 35.9 Å². The molecule has 1 amide bonds. The highest BCUT2D eigenvalue weighted by Crippen LogP contribution is 2.26. The van der Waals surface area contributed by atoms with Crippen LogP contribution in [0.2, 0.25) is 0 Å². The summed E-state index contributed by atoms with van der Waals surface area (Å²) in [5, 5.41) is 3.09. The maximum atomic E-state index is 12.6. The summed E-state index contributed by atoms with van der Waals surface area (Å²) in [6, 6.07) is 7.69. The molecule has 0 spiro atoms. The lowest BCUT2D eigenvalue weighted by Crippen LogP contribution is -2.32. The highest BCUT2D eigenvalue weighted by Gasteiger charge is 2.21. The first-order valence-corrected chi connectivity index (χ1v) is 11.9. The van der Waals surface area contributed by atoms with E-state index in [0.29, 0.717) is 22.1 Å². The average molecular weight is 497 g/mol. The third-order valence-electron chi connectivity index (χ3n) is 4.37. The number of hydrogen-bond acceptors (Lipinski definition) is 7. The standard InChI is InChI=1S/C18H17BrN4O4S2/c19-12-8-15-17(20-9-12)28-18(22-15)23-16(24)11-3-1-5-14(7-11)29(25,26)21-10-13-4-2-6-27-13/h1,3,5,7-9,13,21H,2,4,6,10H2,(H,22,23,24). The minimum atomic E-state index is -3.74. The zero-order valence-electron chi connectivity index (χ0n) is 15.1. The first kappa shape index (κ1) is 20.4. The normalized spacial score (nSPS) is 16.9. The molecule has 0 bridgehead atoms. The van der Waals surface area contributed by atoms with Crippen molar-refractivity contribution in [3.63, 3.8) is 0 Å². The number of pyridine rings is 1. The second-order valence-electron chi connectivity index (χ2n) is 6.47. The van der Waals surface area contributed by atoms with Gasteiger partial charge in [0.15, 0.2) is 5.13 Å².